The van der Waals surface area contributed by atoms with Gasteiger partial charge in [0.25, 0.3) is 0 Å². The Morgan fingerprint density at radius 2 is 0.582 bits per heavy atom. The first-order valence-electron chi connectivity index (χ1n) is 36.4. The van der Waals surface area contributed by atoms with E-state index in [1.54, 1.807) is 12.2 Å². The molecule has 0 aliphatic rings. The van der Waals surface area contributed by atoms with E-state index in [4.69, 9.17) is 37.0 Å². The zero-order chi connectivity index (χ0) is 71.8. The van der Waals surface area contributed by atoms with Gasteiger partial charge in [-0.2, -0.15) is 0 Å². The number of hydrogen-bond donors (Lipinski definition) is 3. The molecule has 5 atom stereocenters. The van der Waals surface area contributed by atoms with Crippen LogP contribution in [0.3, 0.4) is 0 Å². The molecule has 0 heterocycles. The number of unbranched alkanes of at least 4 members (excludes halogenated alkanes) is 14. The fourth-order valence-corrected chi connectivity index (χ4v) is 10.3. The van der Waals surface area contributed by atoms with Crippen LogP contribution in [0, 0.1) is 0 Å². The standard InChI is InChI=1S/C79H126O17P2/c1-5-9-13-17-21-25-29-33-36-40-43-47-51-55-59-63-76(81)89-69-74(95-78(83)65-61-57-53-49-45-39-32-28-24-20-16-12-8-4)71-93-97(85,86)91-67-73(80)68-92-98(87,88)94-72-75(96-79(84)66-62-58-54-50-46-42-38-35-31-27-23-19-15-11-7-3)70-90-77(82)64-60-56-52-48-44-41-37-34-30-26-22-18-14-10-6-2/h9-10,13-14,16,20-23,25-28,32-38,43-44,47-48,55-56,59-60,73-75,80H,5-8,11-12,15,17-19,24,29-31,39-42,45-46,49-54,57-58,61-72H2,1-4H3,(H,85,86)(H,87,88)/b13-9-,14-10-,20-16-,25-21-,26-22-,27-23-,32-28-,36-33-,37-34-,38-35-,47-43-,48-44-,59-55-,60-56-. The lowest BCUT2D eigenvalue weighted by Crippen LogP contribution is -2.30. The van der Waals surface area contributed by atoms with Gasteiger partial charge in [0, 0.05) is 12.8 Å². The molecule has 0 aromatic rings. The largest absolute Gasteiger partial charge is 0.472 e. The number of phosphoric acid groups is 2. The van der Waals surface area contributed by atoms with E-state index in [1.165, 1.54) is 19.3 Å². The number of carbonyl (C=O) groups is 4. The Bertz CT molecular complexity index is 2530. The van der Waals surface area contributed by atoms with Gasteiger partial charge in [-0.25, -0.2) is 9.13 Å². The van der Waals surface area contributed by atoms with Crippen molar-refractivity contribution in [2.45, 2.75) is 264 Å². The maximum atomic E-state index is 13.0. The number of hydrogen-bond acceptors (Lipinski definition) is 15. The van der Waals surface area contributed by atoms with Crippen LogP contribution in [0.1, 0.15) is 246 Å². The molecular formula is C79H126O17P2. The number of esters is 4. The number of ether oxygens (including phenoxy) is 4. The minimum absolute atomic E-state index is 0.0507. The summed E-state index contributed by atoms with van der Waals surface area (Å²) in [5.74, 6) is -2.52. The number of rotatable bonds is 66. The van der Waals surface area contributed by atoms with Crippen LogP contribution in [0.25, 0.3) is 0 Å². The van der Waals surface area contributed by atoms with E-state index in [2.05, 4.69) is 149 Å². The normalized spacial score (nSPS) is 15.0. The predicted octanol–water partition coefficient (Wildman–Crippen LogP) is 20.7. The maximum absolute atomic E-state index is 13.0. The average molecular weight is 1410 g/mol. The number of carbonyl (C=O) groups excluding carboxylic acids is 4. The van der Waals surface area contributed by atoms with Crippen LogP contribution in [0.2, 0.25) is 0 Å². The van der Waals surface area contributed by atoms with E-state index in [9.17, 15) is 43.2 Å². The van der Waals surface area contributed by atoms with Gasteiger partial charge in [-0.3, -0.25) is 37.3 Å². The van der Waals surface area contributed by atoms with Crippen molar-refractivity contribution >= 4 is 39.5 Å². The highest BCUT2D eigenvalue weighted by Crippen LogP contribution is 2.45. The molecule has 98 heavy (non-hydrogen) atoms. The average Bonchev–Trinajstić information content (AvgIpc) is 0.959. The van der Waals surface area contributed by atoms with Gasteiger partial charge < -0.3 is 33.8 Å². The lowest BCUT2D eigenvalue weighted by Gasteiger charge is -2.21. The summed E-state index contributed by atoms with van der Waals surface area (Å²) in [6, 6.07) is 0. The van der Waals surface area contributed by atoms with Crippen molar-refractivity contribution in [1.29, 1.82) is 0 Å². The van der Waals surface area contributed by atoms with Crippen LogP contribution >= 0.6 is 15.6 Å². The topological polar surface area (TPSA) is 237 Å². The van der Waals surface area contributed by atoms with Crippen molar-refractivity contribution in [2.75, 3.05) is 39.6 Å². The highest BCUT2D eigenvalue weighted by molar-refractivity contribution is 7.47. The molecule has 0 radical (unpaired) electrons. The quantitative estimate of drug-likeness (QED) is 0.0169. The number of aliphatic hydroxyl groups is 1. The smallest absolute Gasteiger partial charge is 0.461 e. The molecule has 5 unspecified atom stereocenters. The van der Waals surface area contributed by atoms with Crippen molar-refractivity contribution in [1.82, 2.24) is 0 Å². The highest BCUT2D eigenvalue weighted by atomic mass is 31.2. The summed E-state index contributed by atoms with van der Waals surface area (Å²) in [6.45, 7) is 4.24. The summed E-state index contributed by atoms with van der Waals surface area (Å²) in [7, 11) is -10.0. The van der Waals surface area contributed by atoms with Gasteiger partial charge in [0.15, 0.2) is 12.2 Å². The van der Waals surface area contributed by atoms with Crippen LogP contribution in [0.5, 0.6) is 0 Å². The zero-order valence-electron chi connectivity index (χ0n) is 60.1. The Morgan fingerprint density at radius 3 is 0.908 bits per heavy atom. The minimum Gasteiger partial charge on any atom is -0.461 e. The van der Waals surface area contributed by atoms with Gasteiger partial charge >= 0.3 is 39.5 Å². The Labute approximate surface area is 591 Å². The van der Waals surface area contributed by atoms with Crippen molar-refractivity contribution < 1.29 is 80.2 Å². The van der Waals surface area contributed by atoms with Gasteiger partial charge in [-0.15, -0.1) is 0 Å². The van der Waals surface area contributed by atoms with E-state index >= 15 is 0 Å². The molecule has 0 aromatic carbocycles. The second-order valence-electron chi connectivity index (χ2n) is 23.4. The summed E-state index contributed by atoms with van der Waals surface area (Å²) in [6.07, 6.45) is 81.3. The van der Waals surface area contributed by atoms with Crippen LogP contribution in [0.4, 0.5) is 0 Å². The zero-order valence-corrected chi connectivity index (χ0v) is 61.9. The summed E-state index contributed by atoms with van der Waals surface area (Å²) in [4.78, 5) is 72.6. The van der Waals surface area contributed by atoms with Crippen LogP contribution in [0.15, 0.2) is 170 Å². The molecule has 554 valence electrons. The first-order valence-corrected chi connectivity index (χ1v) is 39.4. The number of phosphoric ester groups is 2. The summed E-state index contributed by atoms with van der Waals surface area (Å²) in [5, 5.41) is 10.6. The van der Waals surface area contributed by atoms with E-state index in [-0.39, 0.29) is 25.7 Å². The predicted molar refractivity (Wildman–Crippen MR) is 399 cm³/mol. The third-order valence-electron chi connectivity index (χ3n) is 14.2. The van der Waals surface area contributed by atoms with Crippen LogP contribution in [-0.2, 0) is 65.4 Å². The first kappa shape index (κ1) is 92.4. The Balaban J connectivity index is 5.52. The second-order valence-corrected chi connectivity index (χ2v) is 26.3. The van der Waals surface area contributed by atoms with Gasteiger partial charge in [-0.05, 0) is 135 Å². The summed E-state index contributed by atoms with van der Waals surface area (Å²) in [5.41, 5.74) is 0. The lowest BCUT2D eigenvalue weighted by molar-refractivity contribution is -0.161. The molecule has 17 nitrogen and oxygen atoms in total. The fraction of sp³-hybridized carbons (Fsp3) is 0.595. The second kappa shape index (κ2) is 69.9. The molecule has 0 bridgehead atoms. The van der Waals surface area contributed by atoms with Crippen LogP contribution < -0.4 is 0 Å². The Hall–Kier alpha value is -5.58. The molecule has 0 rings (SSSR count). The van der Waals surface area contributed by atoms with Crippen LogP contribution in [-0.4, -0.2) is 96.7 Å². The highest BCUT2D eigenvalue weighted by Gasteiger charge is 2.30. The maximum Gasteiger partial charge on any atom is 0.472 e. The van der Waals surface area contributed by atoms with E-state index in [0.29, 0.717) is 25.7 Å². The van der Waals surface area contributed by atoms with Gasteiger partial charge in [-0.1, -0.05) is 256 Å². The fourth-order valence-electron chi connectivity index (χ4n) is 8.73. The van der Waals surface area contributed by atoms with Gasteiger partial charge in [0.1, 0.15) is 19.3 Å². The molecule has 0 aliphatic heterocycles. The Morgan fingerprint density at radius 1 is 0.306 bits per heavy atom. The third-order valence-corrected chi connectivity index (χ3v) is 16.1. The summed E-state index contributed by atoms with van der Waals surface area (Å²) < 4.78 is 68.1. The SMILES string of the molecule is CC/C=C\C/C=C\C/C=C\C/C=C\C/C=C\CC(=O)OCC(COP(=O)(O)OCC(O)COP(=O)(O)OCC(COC(=O)C/C=C\C/C=C\C/C=C\C/C=C\C/C=C\CC)OC(=O)CCCCCCC/C=C\C/C=C\CCCCC)OC(=O)CCCCCCC/C=C\C/C=C\CCC. The lowest BCUT2D eigenvalue weighted by atomic mass is 10.1. The molecule has 3 N–H and O–H groups in total. The number of allylic oxidation sites excluding steroid dienone is 26. The van der Waals surface area contributed by atoms with Crippen molar-refractivity contribution in [3.8, 4) is 0 Å². The molecule has 0 saturated heterocycles. The van der Waals surface area contributed by atoms with E-state index in [1.807, 2.05) is 36.5 Å². The number of aliphatic hydroxyl groups excluding tert-OH is 1. The minimum atomic E-state index is -5.01. The summed E-state index contributed by atoms with van der Waals surface area (Å²) >= 11 is 0. The van der Waals surface area contributed by atoms with Crippen molar-refractivity contribution in [3.63, 3.8) is 0 Å². The van der Waals surface area contributed by atoms with Gasteiger partial charge in [0.2, 0.25) is 0 Å². The molecule has 19 heteroatoms. The molecular weight excluding hydrogens is 1280 g/mol. The molecule has 0 aliphatic carbocycles. The third kappa shape index (κ3) is 68.9. The van der Waals surface area contributed by atoms with Crippen molar-refractivity contribution in [3.05, 3.63) is 170 Å². The molecule has 0 amide bonds. The van der Waals surface area contributed by atoms with E-state index < -0.39 is 97.5 Å². The monoisotopic (exact) mass is 1410 g/mol. The Kier molecular flexibility index (Phi) is 65.9. The molecule has 0 aromatic heterocycles. The van der Waals surface area contributed by atoms with Gasteiger partial charge in [0.05, 0.1) is 39.3 Å². The molecule has 0 spiro atoms. The first-order chi connectivity index (χ1) is 47.7. The molecule has 0 saturated carbocycles. The van der Waals surface area contributed by atoms with Crippen molar-refractivity contribution in [2.24, 2.45) is 0 Å². The van der Waals surface area contributed by atoms with E-state index in [0.717, 1.165) is 148 Å². The molecule has 0 fully saturated rings.